The van der Waals surface area contributed by atoms with Crippen LogP contribution in [0.15, 0.2) is 0 Å². The molecule has 0 aromatic carbocycles. The normalized spacial score (nSPS) is 18.3. The maximum Gasteiger partial charge on any atom is 0.410 e. The highest BCUT2D eigenvalue weighted by Crippen LogP contribution is 2.15. The zero-order valence-corrected chi connectivity index (χ0v) is 8.24. The van der Waals surface area contributed by atoms with Gasteiger partial charge in [0.1, 0.15) is 11.7 Å². The topological polar surface area (TPSA) is 64.8 Å². The van der Waals surface area contributed by atoms with Gasteiger partial charge in [-0.25, -0.2) is 10.7 Å². The third kappa shape index (κ3) is 2.86. The summed E-state index contributed by atoms with van der Waals surface area (Å²) in [5, 5.41) is 0. The Morgan fingerprint density at radius 3 is 2.38 bits per heavy atom. The minimum atomic E-state index is -0.439. The third-order valence-electron chi connectivity index (χ3n) is 1.69. The van der Waals surface area contributed by atoms with E-state index in [1.807, 2.05) is 20.8 Å². The highest BCUT2D eigenvalue weighted by Gasteiger charge is 2.33. The molecule has 1 saturated heterocycles. The van der Waals surface area contributed by atoms with Crippen LogP contribution in [0.3, 0.4) is 0 Å². The predicted molar refractivity (Wildman–Crippen MR) is 46.9 cm³/mol. The molecule has 13 heavy (non-hydrogen) atoms. The minimum absolute atomic E-state index is 0.0347. The van der Waals surface area contributed by atoms with Crippen molar-refractivity contribution >= 4 is 6.09 Å². The lowest BCUT2D eigenvalue weighted by molar-refractivity contribution is -0.0643. The lowest BCUT2D eigenvalue weighted by Gasteiger charge is -2.38. The van der Waals surface area contributed by atoms with E-state index in [1.165, 1.54) is 0 Å². The van der Waals surface area contributed by atoms with Crippen molar-refractivity contribution in [1.82, 2.24) is 4.90 Å². The average Bonchev–Trinajstić information content (AvgIpc) is 1.79. The van der Waals surface area contributed by atoms with Crippen LogP contribution in [0.4, 0.5) is 4.79 Å². The van der Waals surface area contributed by atoms with Crippen molar-refractivity contribution in [3.8, 4) is 0 Å². The van der Waals surface area contributed by atoms with E-state index in [1.54, 1.807) is 4.90 Å². The Morgan fingerprint density at radius 1 is 1.46 bits per heavy atom. The number of carbonyl (C=O) groups is 1. The molecule has 5 heteroatoms. The van der Waals surface area contributed by atoms with Crippen LogP contribution < -0.4 is 5.90 Å². The Balaban J connectivity index is 2.27. The van der Waals surface area contributed by atoms with E-state index in [9.17, 15) is 4.79 Å². The Hall–Kier alpha value is -0.810. The average molecular weight is 188 g/mol. The minimum Gasteiger partial charge on any atom is -0.444 e. The monoisotopic (exact) mass is 188 g/mol. The van der Waals surface area contributed by atoms with E-state index in [2.05, 4.69) is 4.84 Å². The first-order chi connectivity index (χ1) is 5.92. The molecule has 0 aliphatic carbocycles. The molecule has 1 fully saturated rings. The van der Waals surface area contributed by atoms with E-state index >= 15 is 0 Å². The fourth-order valence-corrected chi connectivity index (χ4v) is 1.000. The first-order valence-electron chi connectivity index (χ1n) is 4.26. The van der Waals surface area contributed by atoms with E-state index in [4.69, 9.17) is 10.6 Å². The fraction of sp³-hybridized carbons (Fsp3) is 0.875. The maximum atomic E-state index is 11.3. The summed E-state index contributed by atoms with van der Waals surface area (Å²) in [4.78, 5) is 17.4. The van der Waals surface area contributed by atoms with Crippen LogP contribution in [0.2, 0.25) is 0 Å². The number of likely N-dealkylation sites (tertiary alicyclic amines) is 1. The first kappa shape index (κ1) is 10.3. The smallest absolute Gasteiger partial charge is 0.410 e. The summed E-state index contributed by atoms with van der Waals surface area (Å²) in [6.07, 6.45) is -0.340. The van der Waals surface area contributed by atoms with Gasteiger partial charge in [-0.1, -0.05) is 0 Å². The van der Waals surface area contributed by atoms with Gasteiger partial charge >= 0.3 is 6.09 Å². The molecule has 0 bridgehead atoms. The van der Waals surface area contributed by atoms with Crippen molar-refractivity contribution in [2.45, 2.75) is 32.5 Å². The number of ether oxygens (including phenoxy) is 1. The summed E-state index contributed by atoms with van der Waals surface area (Å²) in [5.41, 5.74) is -0.439. The van der Waals surface area contributed by atoms with Crippen molar-refractivity contribution in [1.29, 1.82) is 0 Å². The van der Waals surface area contributed by atoms with E-state index in [0.717, 1.165) is 0 Å². The summed E-state index contributed by atoms with van der Waals surface area (Å²) in [7, 11) is 0. The van der Waals surface area contributed by atoms with Gasteiger partial charge in [-0.2, -0.15) is 0 Å². The third-order valence-corrected chi connectivity index (χ3v) is 1.69. The molecule has 1 heterocycles. The van der Waals surface area contributed by atoms with Crippen LogP contribution in [0.25, 0.3) is 0 Å². The molecule has 0 spiro atoms. The lowest BCUT2D eigenvalue weighted by Crippen LogP contribution is -2.56. The molecule has 0 aromatic rings. The van der Waals surface area contributed by atoms with E-state index in [-0.39, 0.29) is 12.2 Å². The fourth-order valence-electron chi connectivity index (χ4n) is 1.000. The Morgan fingerprint density at radius 2 is 2.00 bits per heavy atom. The van der Waals surface area contributed by atoms with Gasteiger partial charge < -0.3 is 9.64 Å². The van der Waals surface area contributed by atoms with Crippen molar-refractivity contribution in [3.63, 3.8) is 0 Å². The van der Waals surface area contributed by atoms with Crippen molar-refractivity contribution in [3.05, 3.63) is 0 Å². The number of carbonyl (C=O) groups excluding carboxylic acids is 1. The van der Waals surface area contributed by atoms with Gasteiger partial charge in [0, 0.05) is 0 Å². The second-order valence-electron chi connectivity index (χ2n) is 4.14. The Kier molecular flexibility index (Phi) is 2.77. The first-order valence-corrected chi connectivity index (χ1v) is 4.26. The van der Waals surface area contributed by atoms with Crippen molar-refractivity contribution in [2.24, 2.45) is 5.90 Å². The van der Waals surface area contributed by atoms with Gasteiger partial charge in [-0.15, -0.1) is 0 Å². The van der Waals surface area contributed by atoms with Crippen molar-refractivity contribution < 1.29 is 14.4 Å². The molecule has 2 N–H and O–H groups in total. The number of amides is 1. The highest BCUT2D eigenvalue weighted by molar-refractivity contribution is 5.69. The molecule has 0 atom stereocenters. The van der Waals surface area contributed by atoms with Crippen LogP contribution in [-0.4, -0.2) is 35.8 Å². The van der Waals surface area contributed by atoms with Gasteiger partial charge in [-0.3, -0.25) is 4.84 Å². The summed E-state index contributed by atoms with van der Waals surface area (Å²) < 4.78 is 5.13. The van der Waals surface area contributed by atoms with Gasteiger partial charge in [0.05, 0.1) is 13.1 Å². The number of rotatable bonds is 1. The molecule has 1 amide bonds. The SMILES string of the molecule is CC(C)(C)OC(=O)N1CC(ON)C1. The van der Waals surface area contributed by atoms with Gasteiger partial charge in [0.15, 0.2) is 0 Å². The van der Waals surface area contributed by atoms with Gasteiger partial charge in [-0.05, 0) is 20.8 Å². The number of nitrogens with zero attached hydrogens (tertiary/aromatic N) is 1. The zero-order valence-electron chi connectivity index (χ0n) is 8.24. The molecule has 76 valence electrons. The van der Waals surface area contributed by atoms with Crippen LogP contribution in [0.1, 0.15) is 20.8 Å². The molecule has 1 aliphatic rings. The second kappa shape index (κ2) is 3.51. The molecule has 0 radical (unpaired) electrons. The summed E-state index contributed by atoms with van der Waals surface area (Å²) in [5.74, 6) is 4.94. The second-order valence-corrected chi connectivity index (χ2v) is 4.14. The molecule has 1 aliphatic heterocycles. The van der Waals surface area contributed by atoms with Crippen LogP contribution in [-0.2, 0) is 9.57 Å². The molecule has 0 saturated carbocycles. The summed E-state index contributed by atoms with van der Waals surface area (Å²) >= 11 is 0. The lowest BCUT2D eigenvalue weighted by atomic mass is 10.2. The van der Waals surface area contributed by atoms with Gasteiger partial charge in [0.2, 0.25) is 0 Å². The molecular weight excluding hydrogens is 172 g/mol. The highest BCUT2D eigenvalue weighted by atomic mass is 16.6. The summed E-state index contributed by atoms with van der Waals surface area (Å²) in [6.45, 7) is 6.54. The molecule has 0 unspecified atom stereocenters. The number of hydrogen-bond acceptors (Lipinski definition) is 4. The van der Waals surface area contributed by atoms with Crippen LogP contribution in [0, 0.1) is 0 Å². The molecule has 1 rings (SSSR count). The van der Waals surface area contributed by atoms with Crippen LogP contribution >= 0.6 is 0 Å². The van der Waals surface area contributed by atoms with Gasteiger partial charge in [0.25, 0.3) is 0 Å². The zero-order chi connectivity index (χ0) is 10.1. The van der Waals surface area contributed by atoms with E-state index in [0.29, 0.717) is 13.1 Å². The molecule has 0 aromatic heterocycles. The predicted octanol–water partition coefficient (Wildman–Crippen LogP) is 0.496. The number of nitrogens with two attached hydrogens (primary N) is 1. The molecule has 5 nitrogen and oxygen atoms in total. The number of hydrogen-bond donors (Lipinski definition) is 1. The summed E-state index contributed by atoms with van der Waals surface area (Å²) in [6, 6.07) is 0. The Bertz CT molecular complexity index is 194. The Labute approximate surface area is 77.7 Å². The van der Waals surface area contributed by atoms with Crippen LogP contribution in [0.5, 0.6) is 0 Å². The van der Waals surface area contributed by atoms with Crippen molar-refractivity contribution in [2.75, 3.05) is 13.1 Å². The molecular formula is C8H16N2O3. The van der Waals surface area contributed by atoms with E-state index < -0.39 is 5.60 Å². The maximum absolute atomic E-state index is 11.3. The quantitative estimate of drug-likeness (QED) is 0.608. The standard InChI is InChI=1S/C8H16N2O3/c1-8(2,3)12-7(11)10-4-6(5-10)13-9/h6H,4-5,9H2,1-3H3. The largest absolute Gasteiger partial charge is 0.444 e.